The van der Waals surface area contributed by atoms with E-state index in [-0.39, 0.29) is 16.6 Å². The summed E-state index contributed by atoms with van der Waals surface area (Å²) in [7, 11) is 2.65. The predicted molar refractivity (Wildman–Crippen MR) is 44.9 cm³/mol. The molecule has 0 aliphatic heterocycles. The van der Waals surface area contributed by atoms with E-state index in [1.165, 1.54) is 20.3 Å². The first kappa shape index (κ1) is 9.73. The van der Waals surface area contributed by atoms with E-state index in [2.05, 4.69) is 14.9 Å². The third-order valence-electron chi connectivity index (χ3n) is 1.33. The molecule has 5 nitrogen and oxygen atoms in total. The van der Waals surface area contributed by atoms with Crippen LogP contribution in [-0.4, -0.2) is 30.4 Å². The molecule has 13 heavy (non-hydrogen) atoms. The SMILES string of the molecule is COC(=O)c1nnc(Cl)cc1OC. The second-order valence-corrected chi connectivity index (χ2v) is 2.46. The maximum atomic E-state index is 11.1. The standard InChI is InChI=1S/C7H7ClN2O3/c1-12-4-3-5(8)9-10-6(4)7(11)13-2/h3H,1-2H3. The molecular weight excluding hydrogens is 196 g/mol. The number of hydrogen-bond acceptors (Lipinski definition) is 5. The maximum absolute atomic E-state index is 11.1. The average molecular weight is 203 g/mol. The van der Waals surface area contributed by atoms with Crippen LogP contribution in [0.3, 0.4) is 0 Å². The van der Waals surface area contributed by atoms with E-state index in [1.54, 1.807) is 0 Å². The largest absolute Gasteiger partial charge is 0.494 e. The molecule has 0 spiro atoms. The van der Waals surface area contributed by atoms with Gasteiger partial charge in [-0.25, -0.2) is 4.79 Å². The number of hydrogen-bond donors (Lipinski definition) is 0. The molecule has 6 heteroatoms. The van der Waals surface area contributed by atoms with Crippen molar-refractivity contribution in [2.24, 2.45) is 0 Å². The highest BCUT2D eigenvalue weighted by Gasteiger charge is 2.15. The first-order chi connectivity index (χ1) is 6.19. The summed E-state index contributed by atoms with van der Waals surface area (Å²) in [6, 6.07) is 1.39. The fourth-order valence-corrected chi connectivity index (χ4v) is 0.883. The van der Waals surface area contributed by atoms with Gasteiger partial charge in [0.25, 0.3) is 0 Å². The summed E-state index contributed by atoms with van der Waals surface area (Å²) in [5.41, 5.74) is 0.00870. The van der Waals surface area contributed by atoms with Crippen molar-refractivity contribution in [2.75, 3.05) is 14.2 Å². The number of rotatable bonds is 2. The highest BCUT2D eigenvalue weighted by molar-refractivity contribution is 6.29. The number of aromatic nitrogens is 2. The first-order valence-corrected chi connectivity index (χ1v) is 3.72. The van der Waals surface area contributed by atoms with Gasteiger partial charge in [0.2, 0.25) is 5.69 Å². The molecular formula is C7H7ClN2O3. The van der Waals surface area contributed by atoms with Crippen molar-refractivity contribution in [3.8, 4) is 5.75 Å². The zero-order chi connectivity index (χ0) is 9.84. The molecule has 0 saturated heterocycles. The van der Waals surface area contributed by atoms with Crippen molar-refractivity contribution in [3.05, 3.63) is 16.9 Å². The van der Waals surface area contributed by atoms with E-state index in [9.17, 15) is 4.79 Å². The number of carbonyl (C=O) groups is 1. The van der Waals surface area contributed by atoms with E-state index < -0.39 is 5.97 Å². The lowest BCUT2D eigenvalue weighted by Crippen LogP contribution is -2.08. The zero-order valence-electron chi connectivity index (χ0n) is 7.07. The fourth-order valence-electron chi connectivity index (χ4n) is 0.746. The van der Waals surface area contributed by atoms with Crippen LogP contribution in [0.1, 0.15) is 10.5 Å². The van der Waals surface area contributed by atoms with Crippen molar-refractivity contribution in [3.63, 3.8) is 0 Å². The molecule has 1 heterocycles. The van der Waals surface area contributed by atoms with Gasteiger partial charge in [-0.15, -0.1) is 10.2 Å². The molecule has 70 valence electrons. The second-order valence-electron chi connectivity index (χ2n) is 2.08. The van der Waals surface area contributed by atoms with Gasteiger partial charge in [0, 0.05) is 6.07 Å². The highest BCUT2D eigenvalue weighted by Crippen LogP contribution is 2.18. The molecule has 0 unspecified atom stereocenters. The minimum absolute atomic E-state index is 0.00870. The van der Waals surface area contributed by atoms with Crippen LogP contribution in [0.2, 0.25) is 5.15 Å². The van der Waals surface area contributed by atoms with E-state index in [0.717, 1.165) is 0 Å². The zero-order valence-corrected chi connectivity index (χ0v) is 7.83. The third kappa shape index (κ3) is 2.06. The topological polar surface area (TPSA) is 61.3 Å². The summed E-state index contributed by atoms with van der Waals surface area (Å²) in [6.07, 6.45) is 0. The van der Waals surface area contributed by atoms with E-state index in [1.807, 2.05) is 0 Å². The molecule has 0 fully saturated rings. The van der Waals surface area contributed by atoms with Gasteiger partial charge in [-0.3, -0.25) is 0 Å². The normalized spacial score (nSPS) is 9.46. The second kappa shape index (κ2) is 4.04. The Kier molecular flexibility index (Phi) is 3.02. The first-order valence-electron chi connectivity index (χ1n) is 3.34. The molecule has 1 aromatic heterocycles. The Bertz CT molecular complexity index is 330. The highest BCUT2D eigenvalue weighted by atomic mass is 35.5. The molecule has 0 aliphatic rings. The number of methoxy groups -OCH3 is 2. The van der Waals surface area contributed by atoms with E-state index in [4.69, 9.17) is 16.3 Å². The Morgan fingerprint density at radius 1 is 1.46 bits per heavy atom. The summed E-state index contributed by atoms with van der Waals surface area (Å²) in [4.78, 5) is 11.1. The lowest BCUT2D eigenvalue weighted by Gasteiger charge is -2.03. The molecule has 0 N–H and O–H groups in total. The molecule has 0 amide bonds. The van der Waals surface area contributed by atoms with Crippen LogP contribution in [-0.2, 0) is 4.74 Å². The van der Waals surface area contributed by atoms with E-state index >= 15 is 0 Å². The van der Waals surface area contributed by atoms with Crippen molar-refractivity contribution in [1.82, 2.24) is 10.2 Å². The molecule has 1 aromatic rings. The Balaban J connectivity index is 3.13. The number of nitrogens with zero attached hydrogens (tertiary/aromatic N) is 2. The smallest absolute Gasteiger partial charge is 0.362 e. The summed E-state index contributed by atoms with van der Waals surface area (Å²) in [6.45, 7) is 0. The molecule has 0 atom stereocenters. The van der Waals surface area contributed by atoms with Crippen molar-refractivity contribution in [1.29, 1.82) is 0 Å². The predicted octanol–water partition coefficient (Wildman–Crippen LogP) is 0.925. The van der Waals surface area contributed by atoms with Crippen molar-refractivity contribution >= 4 is 17.6 Å². The molecule has 0 bridgehead atoms. The van der Waals surface area contributed by atoms with Crippen molar-refractivity contribution < 1.29 is 14.3 Å². The molecule has 1 rings (SSSR count). The Labute approximate surface area is 79.6 Å². The number of carbonyl (C=O) groups excluding carboxylic acids is 1. The summed E-state index contributed by atoms with van der Waals surface area (Å²) >= 11 is 5.54. The van der Waals surface area contributed by atoms with Crippen LogP contribution in [0.15, 0.2) is 6.07 Å². The Morgan fingerprint density at radius 3 is 2.69 bits per heavy atom. The van der Waals surface area contributed by atoms with Gasteiger partial charge >= 0.3 is 5.97 Å². The van der Waals surface area contributed by atoms with Crippen LogP contribution < -0.4 is 4.74 Å². The number of halogens is 1. The quantitative estimate of drug-likeness (QED) is 0.668. The van der Waals surface area contributed by atoms with Crippen LogP contribution in [0.25, 0.3) is 0 Å². The number of esters is 1. The average Bonchev–Trinajstić information content (AvgIpc) is 2.16. The molecule has 0 aromatic carbocycles. The number of ether oxygens (including phenoxy) is 2. The fraction of sp³-hybridized carbons (Fsp3) is 0.286. The van der Waals surface area contributed by atoms with E-state index in [0.29, 0.717) is 0 Å². The van der Waals surface area contributed by atoms with Gasteiger partial charge in [0.1, 0.15) is 0 Å². The van der Waals surface area contributed by atoms with Gasteiger partial charge in [0.15, 0.2) is 10.9 Å². The lowest BCUT2D eigenvalue weighted by atomic mass is 10.3. The lowest BCUT2D eigenvalue weighted by molar-refractivity contribution is 0.0588. The van der Waals surface area contributed by atoms with Gasteiger partial charge < -0.3 is 9.47 Å². The Hall–Kier alpha value is -1.36. The molecule has 0 radical (unpaired) electrons. The van der Waals surface area contributed by atoms with Crippen LogP contribution in [0.4, 0.5) is 0 Å². The maximum Gasteiger partial charge on any atom is 0.362 e. The summed E-state index contributed by atoms with van der Waals surface area (Å²) < 4.78 is 9.32. The van der Waals surface area contributed by atoms with Gasteiger partial charge in [0.05, 0.1) is 14.2 Å². The summed E-state index contributed by atoms with van der Waals surface area (Å²) in [5.74, 6) is -0.368. The van der Waals surface area contributed by atoms with Gasteiger partial charge in [-0.05, 0) is 0 Å². The monoisotopic (exact) mass is 202 g/mol. The van der Waals surface area contributed by atoms with Gasteiger partial charge in [-0.1, -0.05) is 11.6 Å². The minimum atomic E-state index is -0.610. The third-order valence-corrected chi connectivity index (χ3v) is 1.51. The van der Waals surface area contributed by atoms with Crippen molar-refractivity contribution in [2.45, 2.75) is 0 Å². The molecule has 0 saturated carbocycles. The van der Waals surface area contributed by atoms with Crippen LogP contribution >= 0.6 is 11.6 Å². The van der Waals surface area contributed by atoms with Crippen LogP contribution in [0.5, 0.6) is 5.75 Å². The van der Waals surface area contributed by atoms with Crippen LogP contribution in [0, 0.1) is 0 Å². The summed E-state index contributed by atoms with van der Waals surface area (Å²) in [5, 5.41) is 7.19. The minimum Gasteiger partial charge on any atom is -0.494 e. The van der Waals surface area contributed by atoms with Gasteiger partial charge in [-0.2, -0.15) is 0 Å². The molecule has 0 aliphatic carbocycles. The Morgan fingerprint density at radius 2 is 2.15 bits per heavy atom.